The molecular weight excluding hydrogens is 240 g/mol. The van der Waals surface area contributed by atoms with Crippen LogP contribution in [0.5, 0.6) is 0 Å². The molecule has 6 heteroatoms. The average molecular weight is 252 g/mol. The number of hydrogen-bond acceptors (Lipinski definition) is 3. The average Bonchev–Trinajstić information content (AvgIpc) is 2.27. The molecule has 0 atom stereocenters. The molecule has 1 rings (SSSR count). The zero-order valence-corrected chi connectivity index (χ0v) is 9.64. The summed E-state index contributed by atoms with van der Waals surface area (Å²) in [4.78, 5) is 33.1. The summed E-state index contributed by atoms with van der Waals surface area (Å²) in [6.07, 6.45) is 1.01. The maximum Gasteiger partial charge on any atom is 0.337 e. The molecule has 0 aliphatic rings. The van der Waals surface area contributed by atoms with Gasteiger partial charge < -0.3 is 15.3 Å². The molecule has 0 amide bonds. The van der Waals surface area contributed by atoms with Crippen LogP contribution in [0.3, 0.4) is 0 Å². The monoisotopic (exact) mass is 252 g/mol. The number of aryl methyl sites for hydroxylation is 1. The molecule has 0 saturated heterocycles. The Kier molecular flexibility index (Phi) is 4.04. The van der Waals surface area contributed by atoms with Gasteiger partial charge in [0.2, 0.25) is 0 Å². The van der Waals surface area contributed by atoms with Crippen LogP contribution < -0.4 is 0 Å². The van der Waals surface area contributed by atoms with Crippen LogP contribution in [0.15, 0.2) is 12.1 Å². The maximum atomic E-state index is 11.1. The van der Waals surface area contributed by atoms with E-state index in [-0.39, 0.29) is 0 Å². The quantitative estimate of drug-likeness (QED) is 0.735. The molecule has 0 aromatic heterocycles. The molecule has 0 aliphatic carbocycles. The lowest BCUT2D eigenvalue weighted by Gasteiger charge is -2.10. The van der Waals surface area contributed by atoms with Gasteiger partial charge in [-0.15, -0.1) is 0 Å². The Labute approximate surface area is 102 Å². The van der Waals surface area contributed by atoms with E-state index in [1.165, 1.54) is 6.07 Å². The lowest BCUT2D eigenvalue weighted by Crippen LogP contribution is -2.17. The molecule has 0 aliphatic heterocycles. The van der Waals surface area contributed by atoms with Gasteiger partial charge in [-0.25, -0.2) is 14.4 Å². The smallest absolute Gasteiger partial charge is 0.337 e. The minimum atomic E-state index is -1.55. The summed E-state index contributed by atoms with van der Waals surface area (Å²) in [5.41, 5.74) is -1.29. The minimum Gasteiger partial charge on any atom is -0.478 e. The lowest BCUT2D eigenvalue weighted by molar-refractivity contribution is 0.0632. The number of carboxylic acid groups (broad SMARTS) is 3. The zero-order valence-electron chi connectivity index (χ0n) is 9.64. The standard InChI is InChI=1S/C12H12O6/c1-2-3-6-4-5-7(10(13)14)9(12(17)18)8(6)11(15)16/h4-5H,2-3H2,1H3,(H,13,14)(H,15,16)(H,17,18). The van der Waals surface area contributed by atoms with E-state index in [1.54, 1.807) is 0 Å². The molecule has 18 heavy (non-hydrogen) atoms. The Hall–Kier alpha value is -2.37. The highest BCUT2D eigenvalue weighted by atomic mass is 16.4. The summed E-state index contributed by atoms with van der Waals surface area (Å²) < 4.78 is 0. The van der Waals surface area contributed by atoms with Crippen molar-refractivity contribution in [3.63, 3.8) is 0 Å². The van der Waals surface area contributed by atoms with E-state index in [2.05, 4.69) is 0 Å². The molecule has 0 heterocycles. The van der Waals surface area contributed by atoms with Gasteiger partial charge >= 0.3 is 17.9 Å². The van der Waals surface area contributed by atoms with E-state index in [0.717, 1.165) is 6.07 Å². The van der Waals surface area contributed by atoms with E-state index in [9.17, 15) is 14.4 Å². The second-order valence-corrected chi connectivity index (χ2v) is 3.69. The Morgan fingerprint density at radius 3 is 1.89 bits per heavy atom. The predicted molar refractivity (Wildman–Crippen MR) is 61.3 cm³/mol. The number of benzene rings is 1. The largest absolute Gasteiger partial charge is 0.478 e. The van der Waals surface area contributed by atoms with Gasteiger partial charge in [0, 0.05) is 0 Å². The Balaban J connectivity index is 3.65. The molecule has 0 radical (unpaired) electrons. The van der Waals surface area contributed by atoms with E-state index >= 15 is 0 Å². The molecule has 0 fully saturated rings. The van der Waals surface area contributed by atoms with Crippen molar-refractivity contribution in [1.82, 2.24) is 0 Å². The van der Waals surface area contributed by atoms with Crippen molar-refractivity contribution in [2.24, 2.45) is 0 Å². The van der Waals surface area contributed by atoms with Crippen LogP contribution in [0.4, 0.5) is 0 Å². The van der Waals surface area contributed by atoms with Gasteiger partial charge in [-0.3, -0.25) is 0 Å². The van der Waals surface area contributed by atoms with Crippen LogP contribution in [0.1, 0.15) is 50.0 Å². The summed E-state index contributed by atoms with van der Waals surface area (Å²) in [7, 11) is 0. The topological polar surface area (TPSA) is 112 Å². The molecule has 6 nitrogen and oxygen atoms in total. The van der Waals surface area contributed by atoms with Crippen molar-refractivity contribution in [3.05, 3.63) is 34.4 Å². The van der Waals surface area contributed by atoms with Gasteiger partial charge in [-0.2, -0.15) is 0 Å². The van der Waals surface area contributed by atoms with Crippen LogP contribution in [0, 0.1) is 0 Å². The van der Waals surface area contributed by atoms with Crippen molar-refractivity contribution < 1.29 is 29.7 Å². The number of carboxylic acids is 3. The number of aromatic carboxylic acids is 3. The van der Waals surface area contributed by atoms with Crippen molar-refractivity contribution in [3.8, 4) is 0 Å². The van der Waals surface area contributed by atoms with Gasteiger partial charge in [-0.05, 0) is 18.1 Å². The van der Waals surface area contributed by atoms with E-state index in [4.69, 9.17) is 15.3 Å². The minimum absolute atomic E-state index is 0.326. The van der Waals surface area contributed by atoms with Crippen molar-refractivity contribution in [1.29, 1.82) is 0 Å². The Morgan fingerprint density at radius 2 is 1.50 bits per heavy atom. The Bertz CT molecular complexity index is 518. The van der Waals surface area contributed by atoms with Crippen LogP contribution >= 0.6 is 0 Å². The van der Waals surface area contributed by atoms with E-state index in [1.807, 2.05) is 6.92 Å². The number of rotatable bonds is 5. The molecule has 1 aromatic rings. The molecule has 0 bridgehead atoms. The predicted octanol–water partition coefficient (Wildman–Crippen LogP) is 1.73. The summed E-state index contributed by atoms with van der Waals surface area (Å²) in [6, 6.07) is 2.48. The van der Waals surface area contributed by atoms with Gasteiger partial charge in [0.05, 0.1) is 16.7 Å². The first-order valence-electron chi connectivity index (χ1n) is 5.25. The fraction of sp³-hybridized carbons (Fsp3) is 0.250. The molecular formula is C12H12O6. The summed E-state index contributed by atoms with van der Waals surface area (Å²) in [5.74, 6) is -4.44. The summed E-state index contributed by atoms with van der Waals surface area (Å²) in [6.45, 7) is 1.82. The van der Waals surface area contributed by atoms with Crippen LogP contribution in [0.25, 0.3) is 0 Å². The summed E-state index contributed by atoms with van der Waals surface area (Å²) in [5, 5.41) is 27.0. The number of hydrogen-bond donors (Lipinski definition) is 3. The summed E-state index contributed by atoms with van der Waals surface area (Å²) >= 11 is 0. The van der Waals surface area contributed by atoms with Crippen LogP contribution in [-0.2, 0) is 6.42 Å². The fourth-order valence-corrected chi connectivity index (χ4v) is 1.77. The van der Waals surface area contributed by atoms with Crippen LogP contribution in [-0.4, -0.2) is 33.2 Å². The Morgan fingerprint density at radius 1 is 0.944 bits per heavy atom. The second-order valence-electron chi connectivity index (χ2n) is 3.69. The first-order chi connectivity index (χ1) is 8.40. The molecule has 3 N–H and O–H groups in total. The van der Waals surface area contributed by atoms with Gasteiger partial charge in [0.15, 0.2) is 0 Å². The third-order valence-electron chi connectivity index (χ3n) is 2.47. The number of carbonyl (C=O) groups is 3. The first-order valence-corrected chi connectivity index (χ1v) is 5.25. The molecule has 0 spiro atoms. The molecule has 1 aromatic carbocycles. The normalized spacial score (nSPS) is 10.1. The van der Waals surface area contributed by atoms with Crippen molar-refractivity contribution >= 4 is 17.9 Å². The van der Waals surface area contributed by atoms with Crippen molar-refractivity contribution in [2.45, 2.75) is 19.8 Å². The third kappa shape index (κ3) is 2.48. The maximum absolute atomic E-state index is 11.1. The molecule has 0 unspecified atom stereocenters. The van der Waals surface area contributed by atoms with E-state index < -0.39 is 34.6 Å². The van der Waals surface area contributed by atoms with Crippen molar-refractivity contribution in [2.75, 3.05) is 0 Å². The SMILES string of the molecule is CCCc1ccc(C(=O)O)c(C(=O)O)c1C(=O)O. The third-order valence-corrected chi connectivity index (χ3v) is 2.47. The highest BCUT2D eigenvalue weighted by molar-refractivity contribution is 6.09. The fourth-order valence-electron chi connectivity index (χ4n) is 1.77. The first kappa shape index (κ1) is 13.7. The zero-order chi connectivity index (χ0) is 13.9. The van der Waals surface area contributed by atoms with Gasteiger partial charge in [0.25, 0.3) is 0 Å². The van der Waals surface area contributed by atoms with Crippen LogP contribution in [0.2, 0.25) is 0 Å². The second kappa shape index (κ2) is 5.31. The molecule has 96 valence electrons. The van der Waals surface area contributed by atoms with Gasteiger partial charge in [0.1, 0.15) is 0 Å². The van der Waals surface area contributed by atoms with E-state index in [0.29, 0.717) is 18.4 Å². The lowest BCUT2D eigenvalue weighted by atomic mass is 9.93. The highest BCUT2D eigenvalue weighted by Crippen LogP contribution is 2.21. The molecule has 0 saturated carbocycles. The highest BCUT2D eigenvalue weighted by Gasteiger charge is 2.26. The van der Waals surface area contributed by atoms with Gasteiger partial charge in [-0.1, -0.05) is 19.4 Å².